The zero-order chi connectivity index (χ0) is 17.3. The Kier molecular flexibility index (Phi) is 6.27. The molecule has 0 aromatic carbocycles. The normalized spacial score (nSPS) is 51.7. The van der Waals surface area contributed by atoms with Gasteiger partial charge in [-0.3, -0.25) is 0 Å². The molecule has 2 heterocycles. The number of hydrogen-bond donors (Lipinski definition) is 8. The van der Waals surface area contributed by atoms with Crippen molar-refractivity contribution < 1.29 is 55.1 Å². The highest BCUT2D eigenvalue weighted by Crippen LogP contribution is 2.24. The molecule has 0 saturated carbocycles. The lowest BCUT2D eigenvalue weighted by Crippen LogP contribution is -2.61. The Morgan fingerprint density at radius 1 is 0.652 bits per heavy atom. The highest BCUT2D eigenvalue weighted by atomic mass is 16.7. The van der Waals surface area contributed by atoms with Crippen LogP contribution < -0.4 is 0 Å². The molecular formula is C12H22O11. The van der Waals surface area contributed by atoms with Crippen molar-refractivity contribution in [3.63, 3.8) is 0 Å². The molecule has 0 amide bonds. The molecule has 2 fully saturated rings. The van der Waals surface area contributed by atoms with E-state index in [-0.39, 0.29) is 0 Å². The zero-order valence-electron chi connectivity index (χ0n) is 12.0. The third-order valence-electron chi connectivity index (χ3n) is 3.96. The summed E-state index contributed by atoms with van der Waals surface area (Å²) in [6.45, 7) is -1.10. The highest BCUT2D eigenvalue weighted by molar-refractivity contribution is 4.91. The molecule has 6 unspecified atom stereocenters. The predicted molar refractivity (Wildman–Crippen MR) is 68.6 cm³/mol. The third kappa shape index (κ3) is 3.81. The van der Waals surface area contributed by atoms with Crippen molar-refractivity contribution in [3.8, 4) is 0 Å². The van der Waals surface area contributed by atoms with Gasteiger partial charge in [0.25, 0.3) is 0 Å². The van der Waals surface area contributed by atoms with Gasteiger partial charge in [-0.2, -0.15) is 0 Å². The molecule has 0 aromatic heterocycles. The fourth-order valence-electron chi connectivity index (χ4n) is 2.46. The van der Waals surface area contributed by atoms with E-state index in [1.807, 2.05) is 0 Å². The van der Waals surface area contributed by atoms with Crippen LogP contribution in [0.1, 0.15) is 0 Å². The second-order valence-electron chi connectivity index (χ2n) is 5.57. The number of rotatable bonds is 4. The van der Waals surface area contributed by atoms with Crippen LogP contribution in [0.3, 0.4) is 0 Å². The smallest absolute Gasteiger partial charge is 0.186 e. The standard InChI is InChI=1S/C12H22O11/c13-1-3-5(14)8(17)10(19)12(23-3)21-2-4-6(15)7(16)9(18)11(20)22-4/h3-20H,1-2H2/t3?,4-,5?,6+,7-,8?,9-,10?,11?,12?/m0/s1. The van der Waals surface area contributed by atoms with E-state index >= 15 is 0 Å². The molecule has 2 aliphatic rings. The quantitative estimate of drug-likeness (QED) is 0.243. The van der Waals surface area contributed by atoms with Crippen LogP contribution in [-0.4, -0.2) is 115 Å². The third-order valence-corrected chi connectivity index (χ3v) is 3.96. The lowest BCUT2D eigenvalue weighted by molar-refractivity contribution is -0.325. The van der Waals surface area contributed by atoms with Crippen LogP contribution in [0.4, 0.5) is 0 Å². The summed E-state index contributed by atoms with van der Waals surface area (Å²) < 4.78 is 15.1. The van der Waals surface area contributed by atoms with E-state index in [0.717, 1.165) is 0 Å². The Morgan fingerprint density at radius 3 is 1.83 bits per heavy atom. The number of aliphatic hydroxyl groups excluding tert-OH is 8. The molecular weight excluding hydrogens is 320 g/mol. The minimum atomic E-state index is -1.74. The maximum Gasteiger partial charge on any atom is 0.186 e. The van der Waals surface area contributed by atoms with Crippen molar-refractivity contribution in [2.45, 2.75) is 61.4 Å². The molecule has 136 valence electrons. The van der Waals surface area contributed by atoms with Crippen LogP contribution in [0.5, 0.6) is 0 Å². The van der Waals surface area contributed by atoms with Gasteiger partial charge >= 0.3 is 0 Å². The van der Waals surface area contributed by atoms with E-state index in [4.69, 9.17) is 19.3 Å². The van der Waals surface area contributed by atoms with Crippen molar-refractivity contribution in [3.05, 3.63) is 0 Å². The van der Waals surface area contributed by atoms with E-state index in [1.165, 1.54) is 0 Å². The van der Waals surface area contributed by atoms with Crippen molar-refractivity contribution in [1.29, 1.82) is 0 Å². The lowest BCUT2D eigenvalue weighted by atomic mass is 9.98. The molecule has 23 heavy (non-hydrogen) atoms. The molecule has 11 nitrogen and oxygen atoms in total. The van der Waals surface area contributed by atoms with E-state index in [0.29, 0.717) is 0 Å². The summed E-state index contributed by atoms with van der Waals surface area (Å²) >= 11 is 0. The monoisotopic (exact) mass is 342 g/mol. The minimum absolute atomic E-state index is 0.468. The summed E-state index contributed by atoms with van der Waals surface area (Å²) in [7, 11) is 0. The average Bonchev–Trinajstić information content (AvgIpc) is 2.54. The molecule has 8 N–H and O–H groups in total. The van der Waals surface area contributed by atoms with Crippen molar-refractivity contribution in [2.75, 3.05) is 13.2 Å². The van der Waals surface area contributed by atoms with E-state index < -0.39 is 74.6 Å². The molecule has 10 atom stereocenters. The first-order chi connectivity index (χ1) is 10.8. The first-order valence-corrected chi connectivity index (χ1v) is 7.07. The van der Waals surface area contributed by atoms with Gasteiger partial charge in [-0.15, -0.1) is 0 Å². The van der Waals surface area contributed by atoms with Crippen LogP contribution in [0, 0.1) is 0 Å². The summed E-state index contributed by atoms with van der Waals surface area (Å²) in [4.78, 5) is 0. The fraction of sp³-hybridized carbons (Fsp3) is 1.00. The maximum absolute atomic E-state index is 9.78. The molecule has 0 spiro atoms. The van der Waals surface area contributed by atoms with Gasteiger partial charge in [-0.1, -0.05) is 0 Å². The Bertz CT molecular complexity index is 380. The first-order valence-electron chi connectivity index (χ1n) is 7.07. The zero-order valence-corrected chi connectivity index (χ0v) is 12.0. The van der Waals surface area contributed by atoms with Gasteiger partial charge in [-0.25, -0.2) is 0 Å². The van der Waals surface area contributed by atoms with Gasteiger partial charge in [0.15, 0.2) is 12.6 Å². The van der Waals surface area contributed by atoms with Gasteiger partial charge in [0.1, 0.15) is 48.8 Å². The number of ether oxygens (including phenoxy) is 3. The number of aliphatic hydroxyl groups is 8. The Balaban J connectivity index is 1.94. The predicted octanol–water partition coefficient (Wildman–Crippen LogP) is -5.40. The molecule has 0 bridgehead atoms. The van der Waals surface area contributed by atoms with Gasteiger partial charge in [0.05, 0.1) is 13.2 Å². The Hall–Kier alpha value is -0.440. The second kappa shape index (κ2) is 7.63. The highest BCUT2D eigenvalue weighted by Gasteiger charge is 2.46. The number of hydrogen-bond acceptors (Lipinski definition) is 11. The Labute approximate surface area is 130 Å². The van der Waals surface area contributed by atoms with E-state index in [9.17, 15) is 35.7 Å². The summed E-state index contributed by atoms with van der Waals surface area (Å²) in [6, 6.07) is 0. The molecule has 2 aliphatic heterocycles. The van der Waals surface area contributed by atoms with Crippen LogP contribution in [0.15, 0.2) is 0 Å². The molecule has 0 aromatic rings. The maximum atomic E-state index is 9.78. The molecule has 0 radical (unpaired) electrons. The van der Waals surface area contributed by atoms with Crippen LogP contribution in [0.25, 0.3) is 0 Å². The van der Waals surface area contributed by atoms with Crippen LogP contribution >= 0.6 is 0 Å². The van der Waals surface area contributed by atoms with Gasteiger partial charge in [0, 0.05) is 0 Å². The van der Waals surface area contributed by atoms with Crippen LogP contribution in [-0.2, 0) is 14.2 Å². The second-order valence-corrected chi connectivity index (χ2v) is 5.57. The van der Waals surface area contributed by atoms with E-state index in [2.05, 4.69) is 0 Å². The topological polar surface area (TPSA) is 190 Å². The average molecular weight is 342 g/mol. The molecule has 0 aliphatic carbocycles. The molecule has 2 rings (SSSR count). The summed E-state index contributed by atoms with van der Waals surface area (Å²) in [5.41, 5.74) is 0. The fourth-order valence-corrected chi connectivity index (χ4v) is 2.46. The summed E-state index contributed by atoms with van der Waals surface area (Å²) in [5.74, 6) is 0. The lowest BCUT2D eigenvalue weighted by Gasteiger charge is -2.41. The van der Waals surface area contributed by atoms with Gasteiger partial charge < -0.3 is 55.1 Å². The largest absolute Gasteiger partial charge is 0.394 e. The minimum Gasteiger partial charge on any atom is -0.394 e. The van der Waals surface area contributed by atoms with Crippen LogP contribution in [0.2, 0.25) is 0 Å². The van der Waals surface area contributed by atoms with E-state index in [1.54, 1.807) is 0 Å². The Morgan fingerprint density at radius 2 is 1.22 bits per heavy atom. The molecule has 11 heteroatoms. The van der Waals surface area contributed by atoms with Crippen molar-refractivity contribution in [2.24, 2.45) is 0 Å². The molecule has 2 saturated heterocycles. The summed E-state index contributed by atoms with van der Waals surface area (Å²) in [5, 5.41) is 76.1. The van der Waals surface area contributed by atoms with Crippen molar-refractivity contribution in [1.82, 2.24) is 0 Å². The first kappa shape index (κ1) is 18.9. The summed E-state index contributed by atoms with van der Waals surface area (Å²) in [6.07, 6.45) is -15.3. The van der Waals surface area contributed by atoms with Gasteiger partial charge in [0.2, 0.25) is 0 Å². The van der Waals surface area contributed by atoms with Crippen molar-refractivity contribution >= 4 is 0 Å². The SMILES string of the molecule is OCC1OC(OC[C@@H]2OC(O)[C@@H](O)[C@@H](O)[C@@H]2O)C(O)C(O)C1O. The van der Waals surface area contributed by atoms with Gasteiger partial charge in [-0.05, 0) is 0 Å².